The molecule has 2 N–H and O–H groups in total. The number of nitrogens with zero attached hydrogens (tertiary/aromatic N) is 1. The minimum atomic E-state index is -0.246. The number of nitrogens with one attached hydrogen (secondary N) is 2. The fourth-order valence-electron chi connectivity index (χ4n) is 2.14. The number of anilines is 1. The highest BCUT2D eigenvalue weighted by atomic mass is 16.5. The van der Waals surface area contributed by atoms with Gasteiger partial charge in [0.05, 0.1) is 24.4 Å². The van der Waals surface area contributed by atoms with Gasteiger partial charge in [0.15, 0.2) is 0 Å². The first-order chi connectivity index (χ1) is 9.24. The van der Waals surface area contributed by atoms with Crippen molar-refractivity contribution in [2.45, 2.75) is 25.3 Å². The van der Waals surface area contributed by atoms with Gasteiger partial charge in [0.25, 0.3) is 0 Å². The lowest BCUT2D eigenvalue weighted by Crippen LogP contribution is -2.37. The molecule has 0 aliphatic carbocycles. The molecule has 0 radical (unpaired) electrons. The number of amides is 1. The summed E-state index contributed by atoms with van der Waals surface area (Å²) in [4.78, 5) is 11.9. The molecule has 0 spiro atoms. The first kappa shape index (κ1) is 13.2. The van der Waals surface area contributed by atoms with E-state index in [1.165, 1.54) is 0 Å². The molecular formula is C14H17N3O2. The fraction of sp³-hybridized carbons (Fsp3) is 0.429. The summed E-state index contributed by atoms with van der Waals surface area (Å²) in [6, 6.07) is 6.96. The van der Waals surface area contributed by atoms with Gasteiger partial charge < -0.3 is 15.4 Å². The maximum Gasteiger partial charge on any atom is 0.242 e. The second-order valence-corrected chi connectivity index (χ2v) is 4.51. The van der Waals surface area contributed by atoms with Crippen LogP contribution in [-0.4, -0.2) is 25.6 Å². The number of methoxy groups -OCH3 is 1. The molecule has 1 heterocycles. The summed E-state index contributed by atoms with van der Waals surface area (Å²) >= 11 is 0. The van der Waals surface area contributed by atoms with Crippen LogP contribution in [0, 0.1) is 11.3 Å². The van der Waals surface area contributed by atoms with Crippen LogP contribution >= 0.6 is 0 Å². The number of nitriles is 1. The molecule has 1 fully saturated rings. The number of benzene rings is 1. The van der Waals surface area contributed by atoms with Crippen molar-refractivity contribution in [2.75, 3.05) is 19.0 Å². The summed E-state index contributed by atoms with van der Waals surface area (Å²) in [6.07, 6.45) is 2.82. The minimum Gasteiger partial charge on any atom is -0.495 e. The van der Waals surface area contributed by atoms with Crippen LogP contribution in [-0.2, 0) is 4.79 Å². The van der Waals surface area contributed by atoms with Gasteiger partial charge >= 0.3 is 0 Å². The molecule has 100 valence electrons. The Hall–Kier alpha value is -2.22. The lowest BCUT2D eigenvalue weighted by molar-refractivity contribution is -0.121. The van der Waals surface area contributed by atoms with Crippen molar-refractivity contribution in [3.8, 4) is 11.8 Å². The minimum absolute atomic E-state index is 0.0175. The van der Waals surface area contributed by atoms with Crippen LogP contribution in [0.4, 0.5) is 5.69 Å². The van der Waals surface area contributed by atoms with Crippen molar-refractivity contribution in [3.63, 3.8) is 0 Å². The Bertz CT molecular complexity index is 508. The summed E-state index contributed by atoms with van der Waals surface area (Å²) in [7, 11) is 1.55. The molecule has 1 aliphatic heterocycles. The second kappa shape index (κ2) is 6.10. The highest BCUT2D eigenvalue weighted by Crippen LogP contribution is 2.27. The van der Waals surface area contributed by atoms with E-state index in [1.807, 2.05) is 0 Å². The number of ether oxygens (including phenoxy) is 1. The van der Waals surface area contributed by atoms with Gasteiger partial charge in [-0.2, -0.15) is 5.26 Å². The SMILES string of the molecule is COc1cc(C#N)ccc1NC1CCCCNC1=O. The molecule has 5 heteroatoms. The van der Waals surface area contributed by atoms with E-state index >= 15 is 0 Å². The molecule has 0 saturated carbocycles. The van der Waals surface area contributed by atoms with Gasteiger partial charge in [0, 0.05) is 12.6 Å². The lowest BCUT2D eigenvalue weighted by atomic mass is 10.1. The predicted molar refractivity (Wildman–Crippen MR) is 72.0 cm³/mol. The molecular weight excluding hydrogens is 242 g/mol. The van der Waals surface area contributed by atoms with Gasteiger partial charge in [-0.1, -0.05) is 0 Å². The maximum atomic E-state index is 11.9. The molecule has 1 aliphatic rings. The van der Waals surface area contributed by atoms with Crippen molar-refractivity contribution in [1.82, 2.24) is 5.32 Å². The number of rotatable bonds is 3. The average Bonchev–Trinajstić information content (AvgIpc) is 2.64. The topological polar surface area (TPSA) is 74.2 Å². The third kappa shape index (κ3) is 3.16. The van der Waals surface area contributed by atoms with Gasteiger partial charge in [0.2, 0.25) is 5.91 Å². The number of carbonyl (C=O) groups is 1. The Morgan fingerprint density at radius 1 is 1.47 bits per heavy atom. The molecule has 1 unspecified atom stereocenters. The van der Waals surface area contributed by atoms with Crippen molar-refractivity contribution >= 4 is 11.6 Å². The van der Waals surface area contributed by atoms with Crippen LogP contribution in [0.2, 0.25) is 0 Å². The highest BCUT2D eigenvalue weighted by Gasteiger charge is 2.21. The molecule has 1 saturated heterocycles. The van der Waals surface area contributed by atoms with Crippen molar-refractivity contribution in [2.24, 2.45) is 0 Å². The van der Waals surface area contributed by atoms with Gasteiger partial charge in [-0.15, -0.1) is 0 Å². The van der Waals surface area contributed by atoms with E-state index in [2.05, 4.69) is 16.7 Å². The predicted octanol–water partition coefficient (Wildman–Crippen LogP) is 1.65. The molecule has 1 aromatic carbocycles. The third-order valence-electron chi connectivity index (χ3n) is 3.20. The first-order valence-electron chi connectivity index (χ1n) is 6.37. The van der Waals surface area contributed by atoms with Crippen molar-refractivity contribution in [3.05, 3.63) is 23.8 Å². The smallest absolute Gasteiger partial charge is 0.242 e. The van der Waals surface area contributed by atoms with Gasteiger partial charge in [0.1, 0.15) is 11.8 Å². The van der Waals surface area contributed by atoms with Gasteiger partial charge in [-0.3, -0.25) is 4.79 Å². The van der Waals surface area contributed by atoms with E-state index in [0.29, 0.717) is 11.3 Å². The van der Waals surface area contributed by atoms with Crippen LogP contribution in [0.3, 0.4) is 0 Å². The largest absolute Gasteiger partial charge is 0.495 e. The Morgan fingerprint density at radius 2 is 2.32 bits per heavy atom. The van der Waals surface area contributed by atoms with Crippen LogP contribution in [0.25, 0.3) is 0 Å². The average molecular weight is 259 g/mol. The van der Waals surface area contributed by atoms with E-state index < -0.39 is 0 Å². The Balaban J connectivity index is 2.17. The molecule has 0 aromatic heterocycles. The maximum absolute atomic E-state index is 11.9. The summed E-state index contributed by atoms with van der Waals surface area (Å²) < 4.78 is 5.25. The quantitative estimate of drug-likeness (QED) is 0.865. The molecule has 5 nitrogen and oxygen atoms in total. The zero-order valence-corrected chi connectivity index (χ0v) is 10.9. The Kier molecular flexibility index (Phi) is 4.24. The lowest BCUT2D eigenvalue weighted by Gasteiger charge is -2.18. The number of hydrogen-bond acceptors (Lipinski definition) is 4. The van der Waals surface area contributed by atoms with Crippen molar-refractivity contribution in [1.29, 1.82) is 5.26 Å². The van der Waals surface area contributed by atoms with Gasteiger partial charge in [-0.05, 0) is 31.4 Å². The van der Waals surface area contributed by atoms with E-state index in [-0.39, 0.29) is 11.9 Å². The zero-order chi connectivity index (χ0) is 13.7. The van der Waals surface area contributed by atoms with Crippen LogP contribution < -0.4 is 15.4 Å². The molecule has 1 aromatic rings. The molecule has 19 heavy (non-hydrogen) atoms. The third-order valence-corrected chi connectivity index (χ3v) is 3.20. The van der Waals surface area contributed by atoms with Crippen LogP contribution in [0.15, 0.2) is 18.2 Å². The van der Waals surface area contributed by atoms with E-state index in [1.54, 1.807) is 25.3 Å². The number of hydrogen-bond donors (Lipinski definition) is 2. The summed E-state index contributed by atoms with van der Waals surface area (Å²) in [5, 5.41) is 14.9. The van der Waals surface area contributed by atoms with Crippen LogP contribution in [0.5, 0.6) is 5.75 Å². The fourth-order valence-corrected chi connectivity index (χ4v) is 2.14. The van der Waals surface area contributed by atoms with Crippen molar-refractivity contribution < 1.29 is 9.53 Å². The van der Waals surface area contributed by atoms with E-state index in [4.69, 9.17) is 10.00 Å². The zero-order valence-electron chi connectivity index (χ0n) is 10.9. The standard InChI is InChI=1S/C14H17N3O2/c1-19-13-8-10(9-15)5-6-11(13)17-12-4-2-3-7-16-14(12)18/h5-6,8,12,17H,2-4,7H2,1H3,(H,16,18). The monoisotopic (exact) mass is 259 g/mol. The summed E-state index contributed by atoms with van der Waals surface area (Å²) in [5.74, 6) is 0.597. The molecule has 1 amide bonds. The molecule has 2 rings (SSSR count). The summed E-state index contributed by atoms with van der Waals surface area (Å²) in [5.41, 5.74) is 1.27. The van der Waals surface area contributed by atoms with Gasteiger partial charge in [-0.25, -0.2) is 0 Å². The Morgan fingerprint density at radius 3 is 3.05 bits per heavy atom. The second-order valence-electron chi connectivity index (χ2n) is 4.51. The summed E-state index contributed by atoms with van der Waals surface area (Å²) in [6.45, 7) is 0.738. The Labute approximate surface area is 112 Å². The van der Waals surface area contributed by atoms with E-state index in [9.17, 15) is 4.79 Å². The molecule has 0 bridgehead atoms. The normalized spacial score (nSPS) is 18.9. The highest BCUT2D eigenvalue weighted by molar-refractivity contribution is 5.85. The van der Waals surface area contributed by atoms with E-state index in [0.717, 1.165) is 31.5 Å². The first-order valence-corrected chi connectivity index (χ1v) is 6.37. The molecule has 1 atom stereocenters. The van der Waals surface area contributed by atoms with Crippen LogP contribution in [0.1, 0.15) is 24.8 Å². The number of carbonyl (C=O) groups excluding carboxylic acids is 1.